The van der Waals surface area contributed by atoms with Crippen molar-refractivity contribution >= 4 is 15.7 Å². The molecule has 1 fully saturated rings. The summed E-state index contributed by atoms with van der Waals surface area (Å²) in [5.41, 5.74) is 2.84. The van der Waals surface area contributed by atoms with Crippen LogP contribution in [0.1, 0.15) is 12.8 Å². The molecule has 1 aliphatic heterocycles. The van der Waals surface area contributed by atoms with Crippen LogP contribution < -0.4 is 11.3 Å². The molecular weight excluding hydrogens is 278 g/mol. The molecule has 112 valence electrons. The number of hydrazine groups is 1. The summed E-state index contributed by atoms with van der Waals surface area (Å²) < 4.78 is 31.9. The summed E-state index contributed by atoms with van der Waals surface area (Å²) >= 11 is 0. The Hall–Kier alpha value is -1.15. The van der Waals surface area contributed by atoms with E-state index < -0.39 is 10.0 Å². The van der Waals surface area contributed by atoms with Crippen LogP contribution in [-0.2, 0) is 14.8 Å². The van der Waals surface area contributed by atoms with Gasteiger partial charge in [-0.15, -0.1) is 0 Å². The Morgan fingerprint density at radius 3 is 2.65 bits per heavy atom. The van der Waals surface area contributed by atoms with Crippen molar-refractivity contribution in [2.24, 2.45) is 11.8 Å². The van der Waals surface area contributed by atoms with Crippen molar-refractivity contribution < 1.29 is 13.2 Å². The van der Waals surface area contributed by atoms with Gasteiger partial charge in [0, 0.05) is 26.8 Å². The Morgan fingerprint density at radius 2 is 2.00 bits per heavy atom. The quantitative estimate of drug-likeness (QED) is 0.626. The molecule has 0 radical (unpaired) electrons. The second-order valence-corrected chi connectivity index (χ2v) is 7.00. The van der Waals surface area contributed by atoms with E-state index in [2.05, 4.69) is 5.43 Å². The molecule has 3 N–H and O–H groups in total. The minimum atomic E-state index is -3.53. The number of hydrogen-bond acceptors (Lipinski definition) is 5. The van der Waals surface area contributed by atoms with Crippen molar-refractivity contribution in [2.45, 2.75) is 17.7 Å². The van der Waals surface area contributed by atoms with Gasteiger partial charge in [0.2, 0.25) is 10.0 Å². The van der Waals surface area contributed by atoms with Crippen molar-refractivity contribution in [3.8, 4) is 0 Å². The van der Waals surface area contributed by atoms with E-state index in [1.807, 2.05) is 0 Å². The third kappa shape index (κ3) is 3.29. The second kappa shape index (κ2) is 6.53. The molecule has 2 rings (SSSR count). The van der Waals surface area contributed by atoms with Crippen molar-refractivity contribution in [3.63, 3.8) is 0 Å². The molecule has 20 heavy (non-hydrogen) atoms. The third-order valence-electron chi connectivity index (χ3n) is 3.59. The predicted molar refractivity (Wildman–Crippen MR) is 77.6 cm³/mol. The van der Waals surface area contributed by atoms with Crippen LogP contribution >= 0.6 is 0 Å². The van der Waals surface area contributed by atoms with Crippen molar-refractivity contribution in [1.29, 1.82) is 0 Å². The zero-order valence-electron chi connectivity index (χ0n) is 11.6. The smallest absolute Gasteiger partial charge is 0.244 e. The maximum absolute atomic E-state index is 12.6. The van der Waals surface area contributed by atoms with E-state index in [1.54, 1.807) is 31.3 Å². The first-order valence-electron chi connectivity index (χ1n) is 6.65. The minimum absolute atomic E-state index is 0.206. The molecule has 1 saturated heterocycles. The lowest BCUT2D eigenvalue weighted by Crippen LogP contribution is -2.34. The van der Waals surface area contributed by atoms with Gasteiger partial charge in [0.25, 0.3) is 0 Å². The van der Waals surface area contributed by atoms with Gasteiger partial charge in [-0.1, -0.05) is 12.1 Å². The monoisotopic (exact) mass is 299 g/mol. The molecule has 1 aliphatic rings. The third-order valence-corrected chi connectivity index (χ3v) is 5.47. The number of sulfonamides is 1. The van der Waals surface area contributed by atoms with Crippen LogP contribution in [-0.4, -0.2) is 39.5 Å². The maximum atomic E-state index is 12.6. The highest BCUT2D eigenvalue weighted by molar-refractivity contribution is 7.89. The first-order valence-corrected chi connectivity index (χ1v) is 8.09. The van der Waals surface area contributed by atoms with E-state index in [-0.39, 0.29) is 4.90 Å². The van der Waals surface area contributed by atoms with Crippen LogP contribution in [0.2, 0.25) is 0 Å². The van der Waals surface area contributed by atoms with Gasteiger partial charge in [0.15, 0.2) is 0 Å². The molecular formula is C13H21N3O3S. The molecule has 0 unspecified atom stereocenters. The molecule has 6 nitrogen and oxygen atoms in total. The largest absolute Gasteiger partial charge is 0.381 e. The average molecular weight is 299 g/mol. The van der Waals surface area contributed by atoms with Crippen molar-refractivity contribution in [1.82, 2.24) is 4.31 Å². The molecule has 1 aromatic rings. The molecule has 0 bridgehead atoms. The van der Waals surface area contributed by atoms with Gasteiger partial charge in [-0.3, -0.25) is 5.84 Å². The lowest BCUT2D eigenvalue weighted by molar-refractivity contribution is 0.0620. The summed E-state index contributed by atoms with van der Waals surface area (Å²) in [4.78, 5) is 0.206. The Kier molecular flexibility index (Phi) is 4.98. The van der Waals surface area contributed by atoms with E-state index >= 15 is 0 Å². The Bertz CT molecular complexity index is 542. The number of nitrogens with two attached hydrogens (primary N) is 1. The van der Waals surface area contributed by atoms with E-state index in [0.29, 0.717) is 31.4 Å². The fraction of sp³-hybridized carbons (Fsp3) is 0.538. The van der Waals surface area contributed by atoms with Crippen LogP contribution in [0.3, 0.4) is 0 Å². The van der Waals surface area contributed by atoms with Crippen LogP contribution in [0, 0.1) is 5.92 Å². The van der Waals surface area contributed by atoms with Crippen molar-refractivity contribution in [3.05, 3.63) is 24.3 Å². The summed E-state index contributed by atoms with van der Waals surface area (Å²) in [5.74, 6) is 5.73. The Morgan fingerprint density at radius 1 is 1.35 bits per heavy atom. The van der Waals surface area contributed by atoms with Crippen LogP contribution in [0.4, 0.5) is 5.69 Å². The maximum Gasteiger partial charge on any atom is 0.244 e. The molecule has 7 heteroatoms. The van der Waals surface area contributed by atoms with Gasteiger partial charge in [0.05, 0.1) is 5.69 Å². The molecule has 0 spiro atoms. The van der Waals surface area contributed by atoms with E-state index in [4.69, 9.17) is 10.6 Å². The first kappa shape index (κ1) is 15.2. The number of hydrogen-bond donors (Lipinski definition) is 2. The summed E-state index contributed by atoms with van der Waals surface area (Å²) in [6.07, 6.45) is 1.80. The average Bonchev–Trinajstić information content (AvgIpc) is 2.48. The van der Waals surface area contributed by atoms with Gasteiger partial charge in [0.1, 0.15) is 4.90 Å². The lowest BCUT2D eigenvalue weighted by Gasteiger charge is -2.27. The first-order chi connectivity index (χ1) is 9.55. The normalized spacial score (nSPS) is 17.4. The number of benzene rings is 1. The summed E-state index contributed by atoms with van der Waals surface area (Å²) in [6.45, 7) is 1.92. The second-order valence-electron chi connectivity index (χ2n) is 4.98. The van der Waals surface area contributed by atoms with Gasteiger partial charge >= 0.3 is 0 Å². The number of rotatable bonds is 5. The van der Waals surface area contributed by atoms with E-state index in [0.717, 1.165) is 12.8 Å². The van der Waals surface area contributed by atoms with Gasteiger partial charge in [-0.25, -0.2) is 12.7 Å². The number of nitrogens with one attached hydrogen (secondary N) is 1. The molecule has 0 saturated carbocycles. The Balaban J connectivity index is 2.16. The fourth-order valence-electron chi connectivity index (χ4n) is 2.37. The predicted octanol–water partition coefficient (Wildman–Crippen LogP) is 1.02. The van der Waals surface area contributed by atoms with Crippen molar-refractivity contribution in [2.75, 3.05) is 32.2 Å². The van der Waals surface area contributed by atoms with Gasteiger partial charge in [-0.2, -0.15) is 0 Å². The van der Waals surface area contributed by atoms with Crippen LogP contribution in [0.25, 0.3) is 0 Å². The van der Waals surface area contributed by atoms with Gasteiger partial charge < -0.3 is 10.2 Å². The molecule has 0 atom stereocenters. The fourth-order valence-corrected chi connectivity index (χ4v) is 3.77. The summed E-state index contributed by atoms with van der Waals surface area (Å²) in [7, 11) is -1.92. The topological polar surface area (TPSA) is 84.7 Å². The van der Waals surface area contributed by atoms with E-state index in [1.165, 1.54) is 4.31 Å². The molecule has 1 heterocycles. The zero-order valence-corrected chi connectivity index (χ0v) is 12.4. The number of nitrogens with zero attached hydrogens (tertiary/aromatic N) is 1. The molecule has 1 aromatic carbocycles. The van der Waals surface area contributed by atoms with Gasteiger partial charge in [-0.05, 0) is 30.9 Å². The SMILES string of the molecule is CN(CC1CCOCC1)S(=O)(=O)c1ccccc1NN. The zero-order chi connectivity index (χ0) is 14.6. The number of para-hydroxylation sites is 1. The summed E-state index contributed by atoms with van der Waals surface area (Å²) in [6, 6.07) is 6.64. The highest BCUT2D eigenvalue weighted by atomic mass is 32.2. The highest BCUT2D eigenvalue weighted by Gasteiger charge is 2.26. The molecule has 0 aromatic heterocycles. The highest BCUT2D eigenvalue weighted by Crippen LogP contribution is 2.25. The standard InChI is InChI=1S/C13H21N3O3S/c1-16(10-11-6-8-19-9-7-11)20(17,18)13-5-3-2-4-12(13)15-14/h2-5,11,15H,6-10,14H2,1H3. The Labute approximate surface area is 119 Å². The van der Waals surface area contributed by atoms with Crippen LogP contribution in [0.5, 0.6) is 0 Å². The number of nitrogen functional groups attached to an aromatic ring is 1. The lowest BCUT2D eigenvalue weighted by atomic mass is 10.0. The number of ether oxygens (including phenoxy) is 1. The van der Waals surface area contributed by atoms with Crippen LogP contribution in [0.15, 0.2) is 29.2 Å². The summed E-state index contributed by atoms with van der Waals surface area (Å²) in [5, 5.41) is 0. The van der Waals surface area contributed by atoms with E-state index in [9.17, 15) is 8.42 Å². The molecule has 0 aliphatic carbocycles. The molecule has 0 amide bonds. The number of anilines is 1. The minimum Gasteiger partial charge on any atom is -0.381 e.